The van der Waals surface area contributed by atoms with Crippen molar-refractivity contribution in [3.63, 3.8) is 0 Å². The lowest BCUT2D eigenvalue weighted by Crippen LogP contribution is -2.35. The van der Waals surface area contributed by atoms with Crippen LogP contribution in [0, 0.1) is 5.92 Å². The third kappa shape index (κ3) is 8.89. The molecule has 4 heteroatoms. The van der Waals surface area contributed by atoms with Crippen LogP contribution in [0.5, 0.6) is 0 Å². The maximum absolute atomic E-state index is 11.2. The molecule has 0 rings (SSSR count). The van der Waals surface area contributed by atoms with E-state index in [0.717, 1.165) is 0 Å². The molecule has 0 fully saturated rings. The second-order valence-electron chi connectivity index (χ2n) is 5.66. The number of Topliss-reactive ketones (excluding diaryl/α,β-unsaturated/α-hetero) is 2. The van der Waals surface area contributed by atoms with Gasteiger partial charge < -0.3 is 0 Å². The highest BCUT2D eigenvalue weighted by Crippen LogP contribution is 2.02. The van der Waals surface area contributed by atoms with E-state index in [1.54, 1.807) is 0 Å². The van der Waals surface area contributed by atoms with Crippen LogP contribution in [0.15, 0.2) is 0 Å². The maximum atomic E-state index is 11.2. The molecule has 0 aliphatic carbocycles. The number of carbonyl (C=O) groups is 2. The summed E-state index contributed by atoms with van der Waals surface area (Å²) >= 11 is 0. The van der Waals surface area contributed by atoms with Gasteiger partial charge in [0.05, 0.1) is 12.1 Å². The minimum atomic E-state index is 0.0556. The first-order chi connectivity index (χ1) is 8.56. The number of ketones is 2. The maximum Gasteiger partial charge on any atom is 0.152 e. The molecule has 2 atom stereocenters. The van der Waals surface area contributed by atoms with Gasteiger partial charge >= 0.3 is 0 Å². The van der Waals surface area contributed by atoms with Crippen LogP contribution in [-0.2, 0) is 9.59 Å². The summed E-state index contributed by atoms with van der Waals surface area (Å²) in [6, 6.07) is 0.134. The molecule has 0 aliphatic rings. The summed E-state index contributed by atoms with van der Waals surface area (Å²) in [6.07, 6.45) is 0.638. The van der Waals surface area contributed by atoms with Crippen molar-refractivity contribution in [1.82, 2.24) is 9.80 Å². The number of nitrogens with zero attached hydrogens (tertiary/aromatic N) is 2. The standard InChI is InChI=1S/C8H17NO.C7H15NO/c1-6(2)8(10)7(3)9(4)5;1-5-7(9)6(2)8(3)4/h6-7H,1-5H3;6H,5H2,1-4H3. The van der Waals surface area contributed by atoms with Gasteiger partial charge in [-0.3, -0.25) is 19.4 Å². The van der Waals surface area contributed by atoms with Crippen LogP contribution in [-0.4, -0.2) is 61.6 Å². The highest BCUT2D eigenvalue weighted by Gasteiger charge is 2.17. The van der Waals surface area contributed by atoms with Gasteiger partial charge in [0, 0.05) is 12.3 Å². The molecule has 0 amide bonds. The molecule has 0 aromatic heterocycles. The molecule has 0 aromatic rings. The lowest BCUT2D eigenvalue weighted by Gasteiger charge is -2.19. The average molecular weight is 272 g/mol. The van der Waals surface area contributed by atoms with E-state index in [1.807, 2.05) is 72.6 Å². The van der Waals surface area contributed by atoms with Crippen LogP contribution in [0.1, 0.15) is 41.0 Å². The van der Waals surface area contributed by atoms with Crippen molar-refractivity contribution in [2.45, 2.75) is 53.1 Å². The van der Waals surface area contributed by atoms with Gasteiger partial charge in [-0.1, -0.05) is 20.8 Å². The Balaban J connectivity index is 0. The number of likely N-dealkylation sites (N-methyl/N-ethyl adjacent to an activating group) is 2. The lowest BCUT2D eigenvalue weighted by molar-refractivity contribution is -0.125. The Labute approximate surface area is 119 Å². The van der Waals surface area contributed by atoms with E-state index < -0.39 is 0 Å². The second-order valence-corrected chi connectivity index (χ2v) is 5.66. The van der Waals surface area contributed by atoms with Crippen molar-refractivity contribution in [2.24, 2.45) is 5.92 Å². The van der Waals surface area contributed by atoms with Crippen molar-refractivity contribution >= 4 is 11.6 Å². The first-order valence-electron chi connectivity index (χ1n) is 6.95. The molecule has 2 unspecified atom stereocenters. The van der Waals surface area contributed by atoms with Gasteiger partial charge in [0.1, 0.15) is 5.78 Å². The molecule has 0 aliphatic heterocycles. The predicted molar refractivity (Wildman–Crippen MR) is 81.4 cm³/mol. The van der Waals surface area contributed by atoms with E-state index in [0.29, 0.717) is 18.0 Å². The van der Waals surface area contributed by atoms with E-state index in [1.165, 1.54) is 0 Å². The van der Waals surface area contributed by atoms with Crippen molar-refractivity contribution in [2.75, 3.05) is 28.2 Å². The summed E-state index contributed by atoms with van der Waals surface area (Å²) in [7, 11) is 7.67. The monoisotopic (exact) mass is 272 g/mol. The summed E-state index contributed by atoms with van der Waals surface area (Å²) < 4.78 is 0. The quantitative estimate of drug-likeness (QED) is 0.742. The van der Waals surface area contributed by atoms with Gasteiger partial charge in [0.25, 0.3) is 0 Å². The lowest BCUT2D eigenvalue weighted by atomic mass is 10.0. The number of rotatable bonds is 6. The molecular weight excluding hydrogens is 240 g/mol. The minimum Gasteiger partial charge on any atom is -0.300 e. The van der Waals surface area contributed by atoms with Crippen LogP contribution in [0.25, 0.3) is 0 Å². The molecule has 0 saturated heterocycles. The van der Waals surface area contributed by atoms with Crippen LogP contribution in [0.2, 0.25) is 0 Å². The fourth-order valence-corrected chi connectivity index (χ4v) is 1.32. The Bertz CT molecular complexity index is 273. The zero-order valence-corrected chi connectivity index (χ0v) is 14.2. The van der Waals surface area contributed by atoms with E-state index in [9.17, 15) is 9.59 Å². The smallest absolute Gasteiger partial charge is 0.152 e. The third-order valence-corrected chi connectivity index (χ3v) is 3.34. The van der Waals surface area contributed by atoms with Crippen LogP contribution in [0.3, 0.4) is 0 Å². The van der Waals surface area contributed by atoms with Crippen LogP contribution < -0.4 is 0 Å². The summed E-state index contributed by atoms with van der Waals surface area (Å²) in [5.74, 6) is 0.766. The van der Waals surface area contributed by atoms with Crippen molar-refractivity contribution in [3.8, 4) is 0 Å². The van der Waals surface area contributed by atoms with Gasteiger partial charge in [0.15, 0.2) is 5.78 Å². The molecule has 0 bridgehead atoms. The summed E-state index contributed by atoms with van der Waals surface area (Å²) in [6.45, 7) is 9.61. The molecule has 0 spiro atoms. The molecular formula is C15H32N2O2. The van der Waals surface area contributed by atoms with Crippen molar-refractivity contribution < 1.29 is 9.59 Å². The van der Waals surface area contributed by atoms with Gasteiger partial charge in [-0.25, -0.2) is 0 Å². The molecule has 0 saturated carbocycles. The number of hydrogen-bond donors (Lipinski definition) is 0. The van der Waals surface area contributed by atoms with Crippen LogP contribution >= 0.6 is 0 Å². The topological polar surface area (TPSA) is 40.6 Å². The van der Waals surface area contributed by atoms with E-state index in [4.69, 9.17) is 0 Å². The normalized spacial score (nSPS) is 14.1. The molecule has 4 nitrogen and oxygen atoms in total. The van der Waals surface area contributed by atoms with Crippen molar-refractivity contribution in [1.29, 1.82) is 0 Å². The van der Waals surface area contributed by atoms with E-state index in [-0.39, 0.29) is 18.0 Å². The zero-order chi connectivity index (χ0) is 15.7. The molecule has 0 heterocycles. The molecule has 0 N–H and O–H groups in total. The predicted octanol–water partition coefficient (Wildman–Crippen LogP) is 2.08. The van der Waals surface area contributed by atoms with Crippen LogP contribution in [0.4, 0.5) is 0 Å². The highest BCUT2D eigenvalue weighted by atomic mass is 16.1. The second kappa shape index (κ2) is 10.1. The fraction of sp³-hybridized carbons (Fsp3) is 0.867. The molecule has 19 heavy (non-hydrogen) atoms. The van der Waals surface area contributed by atoms with E-state index >= 15 is 0 Å². The molecule has 114 valence electrons. The Kier molecular flexibility index (Phi) is 10.9. The molecule has 0 aromatic carbocycles. The minimum absolute atomic E-state index is 0.0556. The number of carbonyl (C=O) groups excluding carboxylic acids is 2. The largest absolute Gasteiger partial charge is 0.300 e. The first-order valence-corrected chi connectivity index (χ1v) is 6.95. The third-order valence-electron chi connectivity index (χ3n) is 3.34. The summed E-state index contributed by atoms with van der Waals surface area (Å²) in [5, 5.41) is 0. The Hall–Kier alpha value is -0.740. The first kappa shape index (κ1) is 20.6. The van der Waals surface area contributed by atoms with E-state index in [2.05, 4.69) is 0 Å². The number of hydrogen-bond acceptors (Lipinski definition) is 4. The Morgan fingerprint density at radius 1 is 0.842 bits per heavy atom. The van der Waals surface area contributed by atoms with Gasteiger partial charge in [-0.15, -0.1) is 0 Å². The van der Waals surface area contributed by atoms with Gasteiger partial charge in [-0.05, 0) is 42.0 Å². The average Bonchev–Trinajstić information content (AvgIpc) is 2.35. The summed E-state index contributed by atoms with van der Waals surface area (Å²) in [5.41, 5.74) is 0. The molecule has 0 radical (unpaired) electrons. The Morgan fingerprint density at radius 3 is 1.32 bits per heavy atom. The Morgan fingerprint density at radius 2 is 1.21 bits per heavy atom. The van der Waals surface area contributed by atoms with Gasteiger partial charge in [-0.2, -0.15) is 0 Å². The van der Waals surface area contributed by atoms with Gasteiger partial charge in [0.2, 0.25) is 0 Å². The zero-order valence-electron chi connectivity index (χ0n) is 14.2. The SMILES string of the molecule is CC(C)C(=O)C(C)N(C)C.CCC(=O)C(C)N(C)C. The fourth-order valence-electron chi connectivity index (χ4n) is 1.32. The highest BCUT2D eigenvalue weighted by molar-refractivity contribution is 5.85. The summed E-state index contributed by atoms with van der Waals surface area (Å²) in [4.78, 5) is 26.0. The van der Waals surface area contributed by atoms with Crippen molar-refractivity contribution in [3.05, 3.63) is 0 Å².